The van der Waals surface area contributed by atoms with Crippen LogP contribution >= 0.6 is 0 Å². The first-order chi connectivity index (χ1) is 8.34. The molecule has 90 valence electrons. The first kappa shape index (κ1) is 11.9. The maximum atomic E-state index is 5.32. The zero-order valence-corrected chi connectivity index (χ0v) is 10.1. The molecule has 0 aliphatic heterocycles. The first-order valence-corrected chi connectivity index (χ1v) is 5.99. The number of nitrogens with one attached hydrogen (secondary N) is 1. The first-order valence-electron chi connectivity index (χ1n) is 5.99. The zero-order valence-electron chi connectivity index (χ0n) is 10.1. The molecule has 0 bridgehead atoms. The van der Waals surface area contributed by atoms with Crippen molar-refractivity contribution in [2.45, 2.75) is 25.8 Å². The Labute approximate surface area is 102 Å². The van der Waals surface area contributed by atoms with Crippen molar-refractivity contribution in [3.63, 3.8) is 0 Å². The fourth-order valence-corrected chi connectivity index (χ4v) is 1.82. The molecule has 0 amide bonds. The second-order valence-electron chi connectivity index (χ2n) is 4.24. The van der Waals surface area contributed by atoms with Crippen molar-refractivity contribution in [1.82, 2.24) is 10.3 Å². The van der Waals surface area contributed by atoms with Crippen LogP contribution in [0.3, 0.4) is 0 Å². The van der Waals surface area contributed by atoms with Crippen molar-refractivity contribution in [3.05, 3.63) is 54.2 Å². The van der Waals surface area contributed by atoms with Crippen LogP contribution in [0.1, 0.15) is 18.2 Å². The molecule has 2 rings (SSSR count). The molecule has 3 nitrogen and oxygen atoms in total. The summed E-state index contributed by atoms with van der Waals surface area (Å²) >= 11 is 0. The van der Waals surface area contributed by atoms with E-state index in [-0.39, 0.29) is 0 Å². The highest BCUT2D eigenvalue weighted by Gasteiger charge is 2.04. The van der Waals surface area contributed by atoms with Crippen LogP contribution in [0.15, 0.2) is 47.3 Å². The third kappa shape index (κ3) is 4.04. The molecule has 0 radical (unpaired) electrons. The van der Waals surface area contributed by atoms with Gasteiger partial charge in [0.25, 0.3) is 0 Å². The molecule has 1 atom stereocenters. The smallest absolute Gasteiger partial charge is 0.105 e. The minimum atomic E-state index is 0.433. The molecule has 0 saturated heterocycles. The standard InChI is InChI=1S/C14H18N2O/c1-12(11-14-3-2-10-17-14)16-9-6-13-4-7-15-8-5-13/h2-5,7-8,10,12,16H,6,9,11H2,1H3. The van der Waals surface area contributed by atoms with Crippen molar-refractivity contribution in [1.29, 1.82) is 0 Å². The maximum absolute atomic E-state index is 5.32. The molecule has 1 unspecified atom stereocenters. The molecule has 2 aromatic heterocycles. The van der Waals surface area contributed by atoms with E-state index in [0.29, 0.717) is 6.04 Å². The molecular weight excluding hydrogens is 212 g/mol. The van der Waals surface area contributed by atoms with Gasteiger partial charge in [-0.05, 0) is 49.7 Å². The number of aromatic nitrogens is 1. The summed E-state index contributed by atoms with van der Waals surface area (Å²) in [5.74, 6) is 1.04. The lowest BCUT2D eigenvalue weighted by atomic mass is 10.1. The number of pyridine rings is 1. The normalized spacial score (nSPS) is 12.5. The van der Waals surface area contributed by atoms with Gasteiger partial charge in [-0.25, -0.2) is 0 Å². The Morgan fingerprint density at radius 2 is 2.12 bits per heavy atom. The van der Waals surface area contributed by atoms with Crippen molar-refractivity contribution in [2.24, 2.45) is 0 Å². The van der Waals surface area contributed by atoms with Gasteiger partial charge in [0.15, 0.2) is 0 Å². The molecule has 2 aromatic rings. The molecule has 17 heavy (non-hydrogen) atoms. The highest BCUT2D eigenvalue weighted by Crippen LogP contribution is 2.04. The predicted octanol–water partition coefficient (Wildman–Crippen LogP) is 2.44. The second-order valence-corrected chi connectivity index (χ2v) is 4.24. The third-order valence-corrected chi connectivity index (χ3v) is 2.74. The number of furan rings is 1. The molecule has 2 heterocycles. The summed E-state index contributed by atoms with van der Waals surface area (Å²) in [5, 5.41) is 3.49. The van der Waals surface area contributed by atoms with Gasteiger partial charge in [0.1, 0.15) is 5.76 Å². The van der Waals surface area contributed by atoms with E-state index in [2.05, 4.69) is 29.4 Å². The Balaban J connectivity index is 1.68. The molecule has 0 saturated carbocycles. The number of rotatable bonds is 6. The Bertz CT molecular complexity index is 411. The van der Waals surface area contributed by atoms with E-state index in [9.17, 15) is 0 Å². The Kier molecular flexibility index (Phi) is 4.33. The topological polar surface area (TPSA) is 38.1 Å². The summed E-state index contributed by atoms with van der Waals surface area (Å²) < 4.78 is 5.32. The highest BCUT2D eigenvalue weighted by molar-refractivity contribution is 5.10. The molecule has 3 heteroatoms. The molecule has 0 spiro atoms. The van der Waals surface area contributed by atoms with E-state index in [0.717, 1.165) is 25.1 Å². The lowest BCUT2D eigenvalue weighted by molar-refractivity contribution is 0.458. The molecule has 0 aliphatic carbocycles. The second kappa shape index (κ2) is 6.21. The average Bonchev–Trinajstić information content (AvgIpc) is 2.83. The molecule has 0 aliphatic rings. The predicted molar refractivity (Wildman–Crippen MR) is 67.8 cm³/mol. The van der Waals surface area contributed by atoms with Gasteiger partial charge in [0.2, 0.25) is 0 Å². The minimum Gasteiger partial charge on any atom is -0.469 e. The van der Waals surface area contributed by atoms with Crippen LogP contribution in [0.5, 0.6) is 0 Å². The van der Waals surface area contributed by atoms with E-state index in [1.807, 2.05) is 24.5 Å². The van der Waals surface area contributed by atoms with Gasteiger partial charge in [-0.2, -0.15) is 0 Å². The minimum absolute atomic E-state index is 0.433. The fourth-order valence-electron chi connectivity index (χ4n) is 1.82. The monoisotopic (exact) mass is 230 g/mol. The van der Waals surface area contributed by atoms with E-state index in [1.165, 1.54) is 5.56 Å². The van der Waals surface area contributed by atoms with Crippen LogP contribution in [0.4, 0.5) is 0 Å². The Morgan fingerprint density at radius 3 is 2.82 bits per heavy atom. The number of hydrogen-bond acceptors (Lipinski definition) is 3. The van der Waals surface area contributed by atoms with Crippen molar-refractivity contribution in [3.8, 4) is 0 Å². The molecular formula is C14H18N2O. The van der Waals surface area contributed by atoms with Crippen LogP contribution in [0, 0.1) is 0 Å². The molecule has 0 aromatic carbocycles. The Hall–Kier alpha value is -1.61. The van der Waals surface area contributed by atoms with Crippen LogP contribution in [-0.2, 0) is 12.8 Å². The quantitative estimate of drug-likeness (QED) is 0.828. The highest BCUT2D eigenvalue weighted by atomic mass is 16.3. The van der Waals surface area contributed by atoms with Crippen molar-refractivity contribution < 1.29 is 4.42 Å². The molecule has 1 N–H and O–H groups in total. The van der Waals surface area contributed by atoms with Crippen LogP contribution in [0.25, 0.3) is 0 Å². The summed E-state index contributed by atoms with van der Waals surface area (Å²) in [6.45, 7) is 3.15. The lowest BCUT2D eigenvalue weighted by Crippen LogP contribution is -2.29. The average molecular weight is 230 g/mol. The molecule has 0 fully saturated rings. The SMILES string of the molecule is CC(Cc1ccco1)NCCc1ccncc1. The Morgan fingerprint density at radius 1 is 1.29 bits per heavy atom. The summed E-state index contributed by atoms with van der Waals surface area (Å²) in [6.07, 6.45) is 7.36. The van der Waals surface area contributed by atoms with E-state index in [4.69, 9.17) is 4.42 Å². The van der Waals surface area contributed by atoms with Crippen molar-refractivity contribution >= 4 is 0 Å². The van der Waals surface area contributed by atoms with Crippen LogP contribution < -0.4 is 5.32 Å². The van der Waals surface area contributed by atoms with E-state index >= 15 is 0 Å². The largest absolute Gasteiger partial charge is 0.469 e. The summed E-state index contributed by atoms with van der Waals surface area (Å²) in [6, 6.07) is 8.49. The van der Waals surface area contributed by atoms with Gasteiger partial charge in [0.05, 0.1) is 6.26 Å². The summed E-state index contributed by atoms with van der Waals surface area (Å²) in [7, 11) is 0. The van der Waals surface area contributed by atoms with Gasteiger partial charge >= 0.3 is 0 Å². The van der Waals surface area contributed by atoms with E-state index in [1.54, 1.807) is 6.26 Å². The van der Waals surface area contributed by atoms with E-state index < -0.39 is 0 Å². The van der Waals surface area contributed by atoms with Gasteiger partial charge in [-0.1, -0.05) is 0 Å². The summed E-state index contributed by atoms with van der Waals surface area (Å²) in [4.78, 5) is 4.01. The number of hydrogen-bond donors (Lipinski definition) is 1. The maximum Gasteiger partial charge on any atom is 0.105 e. The lowest BCUT2D eigenvalue weighted by Gasteiger charge is -2.12. The fraction of sp³-hybridized carbons (Fsp3) is 0.357. The van der Waals surface area contributed by atoms with Gasteiger partial charge < -0.3 is 9.73 Å². The van der Waals surface area contributed by atoms with Crippen LogP contribution in [-0.4, -0.2) is 17.6 Å². The van der Waals surface area contributed by atoms with Crippen LogP contribution in [0.2, 0.25) is 0 Å². The van der Waals surface area contributed by atoms with Gasteiger partial charge in [-0.15, -0.1) is 0 Å². The number of nitrogens with zero attached hydrogens (tertiary/aromatic N) is 1. The summed E-state index contributed by atoms with van der Waals surface area (Å²) in [5.41, 5.74) is 1.32. The zero-order chi connectivity index (χ0) is 11.9. The third-order valence-electron chi connectivity index (χ3n) is 2.74. The van der Waals surface area contributed by atoms with Gasteiger partial charge in [0, 0.05) is 24.9 Å². The van der Waals surface area contributed by atoms with Crippen molar-refractivity contribution in [2.75, 3.05) is 6.54 Å². The van der Waals surface area contributed by atoms with Gasteiger partial charge in [-0.3, -0.25) is 4.98 Å².